The van der Waals surface area contributed by atoms with Crippen LogP contribution < -0.4 is 5.32 Å². The number of rotatable bonds is 7. The molecule has 4 atom stereocenters. The van der Waals surface area contributed by atoms with Gasteiger partial charge in [0.05, 0.1) is 12.2 Å². The molecular formula is C17H33NO2. The normalized spacial score (nSPS) is 36.8. The topological polar surface area (TPSA) is 41.5 Å². The lowest BCUT2D eigenvalue weighted by atomic mass is 9.70. The fourth-order valence-corrected chi connectivity index (χ4v) is 4.20. The van der Waals surface area contributed by atoms with Gasteiger partial charge in [-0.05, 0) is 42.4 Å². The average Bonchev–Trinajstić information content (AvgIpc) is 2.69. The molecule has 0 aromatic carbocycles. The highest BCUT2D eigenvalue weighted by Crippen LogP contribution is 2.66. The highest BCUT2D eigenvalue weighted by Gasteiger charge is 2.61. The van der Waals surface area contributed by atoms with Crippen molar-refractivity contribution in [2.45, 2.75) is 78.6 Å². The van der Waals surface area contributed by atoms with Gasteiger partial charge in [0.25, 0.3) is 0 Å². The maximum absolute atomic E-state index is 9.93. The fourth-order valence-electron chi connectivity index (χ4n) is 4.20. The molecule has 2 bridgehead atoms. The highest BCUT2D eigenvalue weighted by atomic mass is 16.5. The summed E-state index contributed by atoms with van der Waals surface area (Å²) >= 11 is 0. The van der Waals surface area contributed by atoms with Gasteiger partial charge in [-0.25, -0.2) is 0 Å². The Hall–Kier alpha value is -0.120. The molecule has 0 saturated heterocycles. The fraction of sp³-hybridized carbons (Fsp3) is 1.00. The first-order valence-electron chi connectivity index (χ1n) is 8.30. The van der Waals surface area contributed by atoms with Crippen molar-refractivity contribution in [2.24, 2.45) is 16.7 Å². The van der Waals surface area contributed by atoms with Gasteiger partial charge in [-0.1, -0.05) is 34.6 Å². The van der Waals surface area contributed by atoms with Crippen LogP contribution in [0, 0.1) is 16.7 Å². The van der Waals surface area contributed by atoms with Crippen molar-refractivity contribution in [2.75, 3.05) is 13.2 Å². The third-order valence-electron chi connectivity index (χ3n) is 6.25. The molecule has 0 aromatic rings. The zero-order valence-electron chi connectivity index (χ0n) is 13.9. The van der Waals surface area contributed by atoms with Crippen molar-refractivity contribution in [3.63, 3.8) is 0 Å². The predicted molar refractivity (Wildman–Crippen MR) is 82.7 cm³/mol. The second-order valence-electron chi connectivity index (χ2n) is 7.98. The van der Waals surface area contributed by atoms with Crippen molar-refractivity contribution < 1.29 is 9.84 Å². The van der Waals surface area contributed by atoms with Crippen molar-refractivity contribution in [1.29, 1.82) is 0 Å². The predicted octanol–water partition coefficient (Wildman–Crippen LogP) is 2.97. The molecule has 2 aliphatic rings. The lowest BCUT2D eigenvalue weighted by Crippen LogP contribution is -2.38. The Balaban J connectivity index is 1.73. The molecule has 2 fully saturated rings. The van der Waals surface area contributed by atoms with Gasteiger partial charge >= 0.3 is 0 Å². The highest BCUT2D eigenvalue weighted by molar-refractivity contribution is 5.11. The molecule has 3 heteroatoms. The molecule has 0 spiro atoms. The summed E-state index contributed by atoms with van der Waals surface area (Å²) in [6, 6.07) is 0.427. The summed E-state index contributed by atoms with van der Waals surface area (Å²) in [5.41, 5.74) is 0.744. The molecule has 2 rings (SSSR count). The number of ether oxygens (including phenoxy) is 1. The minimum absolute atomic E-state index is 0.295. The number of nitrogens with one attached hydrogen (secondary N) is 1. The molecule has 0 aliphatic heterocycles. The molecule has 0 unspecified atom stereocenters. The van der Waals surface area contributed by atoms with Gasteiger partial charge in [0.15, 0.2) is 0 Å². The molecule has 0 radical (unpaired) electrons. The number of aliphatic hydroxyl groups is 1. The number of fused-ring (bicyclic) bond motifs is 2. The van der Waals surface area contributed by atoms with Crippen LogP contribution in [0.1, 0.15) is 60.3 Å². The molecule has 118 valence electrons. The Morgan fingerprint density at radius 1 is 1.30 bits per heavy atom. The summed E-state index contributed by atoms with van der Waals surface area (Å²) in [7, 11) is 0. The van der Waals surface area contributed by atoms with Crippen LogP contribution in [0.15, 0.2) is 0 Å². The van der Waals surface area contributed by atoms with Crippen LogP contribution in [0.3, 0.4) is 0 Å². The van der Waals surface area contributed by atoms with E-state index in [2.05, 4.69) is 39.9 Å². The minimum Gasteiger partial charge on any atom is -0.392 e. The van der Waals surface area contributed by atoms with E-state index in [1.807, 2.05) is 0 Å². The second-order valence-corrected chi connectivity index (χ2v) is 7.98. The Morgan fingerprint density at radius 3 is 2.50 bits per heavy atom. The van der Waals surface area contributed by atoms with E-state index in [4.69, 9.17) is 4.74 Å². The van der Waals surface area contributed by atoms with Crippen molar-refractivity contribution in [3.8, 4) is 0 Å². The molecule has 2 saturated carbocycles. The third kappa shape index (κ3) is 2.90. The second kappa shape index (κ2) is 5.94. The molecule has 0 aromatic heterocycles. The zero-order chi connectivity index (χ0) is 15.0. The van der Waals surface area contributed by atoms with E-state index in [-0.39, 0.29) is 6.10 Å². The summed E-state index contributed by atoms with van der Waals surface area (Å²) in [5.74, 6) is 0.824. The maximum Gasteiger partial charge on any atom is 0.0686 e. The van der Waals surface area contributed by atoms with Crippen molar-refractivity contribution >= 4 is 0 Å². The maximum atomic E-state index is 9.93. The Bertz CT molecular complexity index is 329. The van der Waals surface area contributed by atoms with E-state index < -0.39 is 0 Å². The number of hydrogen-bond acceptors (Lipinski definition) is 3. The van der Waals surface area contributed by atoms with Crippen molar-refractivity contribution in [1.82, 2.24) is 5.32 Å². The molecule has 2 N–H and O–H groups in total. The average molecular weight is 283 g/mol. The summed E-state index contributed by atoms with van der Waals surface area (Å²) in [4.78, 5) is 0. The first-order chi connectivity index (χ1) is 9.27. The Labute approximate surface area is 124 Å². The number of hydrogen-bond donors (Lipinski definition) is 2. The molecular weight excluding hydrogens is 250 g/mol. The van der Waals surface area contributed by atoms with Gasteiger partial charge in [0.1, 0.15) is 0 Å². The summed E-state index contributed by atoms with van der Waals surface area (Å²) in [6.07, 6.45) is 4.71. The van der Waals surface area contributed by atoms with Crippen molar-refractivity contribution in [3.05, 3.63) is 0 Å². The van der Waals surface area contributed by atoms with Gasteiger partial charge in [-0.15, -0.1) is 0 Å². The lowest BCUT2D eigenvalue weighted by Gasteiger charge is -2.39. The van der Waals surface area contributed by atoms with Gasteiger partial charge in [0.2, 0.25) is 0 Å². The standard InChI is InChI=1S/C17H33NO2/c1-12(2)18-11-14(19)7-9-20-15-10-13-6-8-17(15,5)16(13,3)4/h12-15,18-19H,6-11H2,1-5H3/t13-,14-,15+,17-/m1/s1. The zero-order valence-corrected chi connectivity index (χ0v) is 13.9. The van der Waals surface area contributed by atoms with Crippen LogP contribution in [0.25, 0.3) is 0 Å². The van der Waals surface area contributed by atoms with Crippen LogP contribution in [-0.2, 0) is 4.74 Å². The smallest absolute Gasteiger partial charge is 0.0686 e. The molecule has 2 aliphatic carbocycles. The molecule has 3 nitrogen and oxygen atoms in total. The quantitative estimate of drug-likeness (QED) is 0.755. The first kappa shape index (κ1) is 16.3. The van der Waals surface area contributed by atoms with E-state index in [0.29, 0.717) is 36.1 Å². The summed E-state index contributed by atoms with van der Waals surface area (Å²) in [6.45, 7) is 12.8. The van der Waals surface area contributed by atoms with E-state index in [1.54, 1.807) is 0 Å². The summed E-state index contributed by atoms with van der Waals surface area (Å²) < 4.78 is 6.17. The largest absolute Gasteiger partial charge is 0.392 e. The first-order valence-corrected chi connectivity index (χ1v) is 8.30. The van der Waals surface area contributed by atoms with Crippen LogP contribution in [0.5, 0.6) is 0 Å². The van der Waals surface area contributed by atoms with Gasteiger partial charge in [-0.3, -0.25) is 0 Å². The van der Waals surface area contributed by atoms with Gasteiger partial charge in [0, 0.05) is 19.2 Å². The monoisotopic (exact) mass is 283 g/mol. The van der Waals surface area contributed by atoms with Crippen LogP contribution in [0.2, 0.25) is 0 Å². The minimum atomic E-state index is -0.295. The number of aliphatic hydroxyl groups excluding tert-OH is 1. The summed E-state index contributed by atoms with van der Waals surface area (Å²) in [5, 5.41) is 13.2. The molecule has 0 heterocycles. The SMILES string of the molecule is CC(C)NC[C@H](O)CCO[C@H]1C[C@H]2CC[C@@]1(C)C2(C)C. The lowest BCUT2D eigenvalue weighted by molar-refractivity contribution is -0.0546. The Kier molecular flexibility index (Phi) is 4.83. The van der Waals surface area contributed by atoms with Crippen LogP contribution in [0.4, 0.5) is 0 Å². The molecule has 20 heavy (non-hydrogen) atoms. The van der Waals surface area contributed by atoms with E-state index in [0.717, 1.165) is 12.3 Å². The van der Waals surface area contributed by atoms with Crippen LogP contribution >= 0.6 is 0 Å². The van der Waals surface area contributed by atoms with E-state index in [1.165, 1.54) is 19.3 Å². The van der Waals surface area contributed by atoms with Crippen LogP contribution in [-0.4, -0.2) is 36.5 Å². The Morgan fingerprint density at radius 2 is 2.00 bits per heavy atom. The van der Waals surface area contributed by atoms with E-state index >= 15 is 0 Å². The van der Waals surface area contributed by atoms with Gasteiger partial charge < -0.3 is 15.2 Å². The molecule has 0 amide bonds. The van der Waals surface area contributed by atoms with Gasteiger partial charge in [-0.2, -0.15) is 0 Å². The third-order valence-corrected chi connectivity index (χ3v) is 6.25. The van der Waals surface area contributed by atoms with E-state index in [9.17, 15) is 5.11 Å².